The van der Waals surface area contributed by atoms with E-state index in [1.165, 1.54) is 24.3 Å². The number of Topliss-reactive ketones (excluding diaryl/α,β-unsaturated/α-hetero) is 1. The number of halogens is 5. The summed E-state index contributed by atoms with van der Waals surface area (Å²) in [5.74, 6) is -1.62. The highest BCUT2D eigenvalue weighted by Gasteiger charge is 2.56. The van der Waals surface area contributed by atoms with Gasteiger partial charge in [0.05, 0.1) is 5.02 Å². The van der Waals surface area contributed by atoms with E-state index < -0.39 is 35.5 Å². The maximum atomic E-state index is 14.0. The number of methoxy groups -OCH3 is 1. The zero-order chi connectivity index (χ0) is 25.3. The molecule has 1 aromatic heterocycles. The van der Waals surface area contributed by atoms with Crippen LogP contribution >= 0.6 is 11.6 Å². The Morgan fingerprint density at radius 2 is 1.85 bits per heavy atom. The number of alkyl halides is 3. The quantitative estimate of drug-likeness (QED) is 0.461. The Kier molecular flexibility index (Phi) is 7.23. The lowest BCUT2D eigenvalue weighted by Crippen LogP contribution is -2.51. The average Bonchev–Trinajstić information content (AvgIpc) is 2.78. The number of nitrogens with one attached hydrogen (secondary N) is 1. The third-order valence-electron chi connectivity index (χ3n) is 5.49. The van der Waals surface area contributed by atoms with E-state index in [4.69, 9.17) is 11.6 Å². The maximum absolute atomic E-state index is 14.0. The number of hydrogen-bond acceptors (Lipinski definition) is 5. The highest BCUT2D eigenvalue weighted by atomic mass is 35.5. The third-order valence-corrected chi connectivity index (χ3v) is 5.82. The normalized spacial score (nSPS) is 13.5. The lowest BCUT2D eigenvalue weighted by molar-refractivity contribution is -0.252. The monoisotopic (exact) mass is 497 g/mol. The number of hydrogen-bond donors (Lipinski definition) is 1. The molecule has 0 saturated heterocycles. The molecule has 6 nitrogen and oxygen atoms in total. The van der Waals surface area contributed by atoms with Crippen LogP contribution in [0.2, 0.25) is 5.02 Å². The molecule has 3 rings (SSSR count). The van der Waals surface area contributed by atoms with Crippen LogP contribution in [0.5, 0.6) is 0 Å². The van der Waals surface area contributed by atoms with Crippen molar-refractivity contribution in [2.24, 2.45) is 0 Å². The Morgan fingerprint density at radius 3 is 2.47 bits per heavy atom. The molecule has 0 bridgehead atoms. The largest absolute Gasteiger partial charge is 0.424 e. The topological polar surface area (TPSA) is 84.9 Å². The van der Waals surface area contributed by atoms with Gasteiger partial charge in [-0.05, 0) is 49.6 Å². The Morgan fingerprint density at radius 1 is 1.15 bits per heavy atom. The lowest BCUT2D eigenvalue weighted by atomic mass is 9.94. The van der Waals surface area contributed by atoms with E-state index in [1.54, 1.807) is 19.1 Å². The number of carbonyl (C=O) groups is 1. The molecule has 2 aromatic carbocycles. The Hall–Kier alpha value is -3.11. The summed E-state index contributed by atoms with van der Waals surface area (Å²) in [5.41, 5.74) is -2.23. The molecule has 0 spiro atoms. The van der Waals surface area contributed by atoms with Crippen molar-refractivity contribution in [3.05, 3.63) is 68.8 Å². The minimum Gasteiger partial charge on any atom is -0.362 e. The summed E-state index contributed by atoms with van der Waals surface area (Å²) in [6, 6.07) is 8.81. The van der Waals surface area contributed by atoms with Crippen molar-refractivity contribution in [1.82, 2.24) is 15.0 Å². The van der Waals surface area contributed by atoms with Crippen LogP contribution in [0.15, 0.2) is 41.2 Å². The zero-order valence-corrected chi connectivity index (χ0v) is 19.1. The van der Waals surface area contributed by atoms with Crippen LogP contribution in [0, 0.1) is 12.7 Å². The third kappa shape index (κ3) is 5.18. The number of ketones is 1. The van der Waals surface area contributed by atoms with Gasteiger partial charge in [-0.1, -0.05) is 29.8 Å². The maximum Gasteiger partial charge on any atom is 0.424 e. The summed E-state index contributed by atoms with van der Waals surface area (Å²) in [6.45, 7) is 2.27. The molecule has 0 radical (unpaired) electrons. The van der Waals surface area contributed by atoms with E-state index >= 15 is 0 Å². The minimum atomic E-state index is -4.86. The molecule has 0 amide bonds. The van der Waals surface area contributed by atoms with Gasteiger partial charge in [-0.3, -0.25) is 9.78 Å². The Bertz CT molecular complexity index is 1290. The van der Waals surface area contributed by atoms with Crippen molar-refractivity contribution in [3.63, 3.8) is 0 Å². The van der Waals surface area contributed by atoms with Gasteiger partial charge in [-0.2, -0.15) is 18.2 Å². The van der Waals surface area contributed by atoms with Gasteiger partial charge in [-0.25, -0.2) is 14.2 Å². The van der Waals surface area contributed by atoms with Gasteiger partial charge in [0.1, 0.15) is 11.6 Å². The van der Waals surface area contributed by atoms with Gasteiger partial charge >= 0.3 is 11.9 Å². The number of benzene rings is 2. The SMILES string of the molecule is CO[C@](C)(C(=O)CCc1ccc(Cl)c(-c2nc(-c3ccc(C)c(F)c3)nc(=O)[nH]2)c1)C(F)(F)F. The van der Waals surface area contributed by atoms with Crippen molar-refractivity contribution < 1.29 is 27.1 Å². The van der Waals surface area contributed by atoms with Crippen LogP contribution in [0.25, 0.3) is 22.8 Å². The molecule has 0 aliphatic heterocycles. The number of rotatable bonds is 7. The fourth-order valence-corrected chi connectivity index (χ4v) is 3.37. The fourth-order valence-electron chi connectivity index (χ4n) is 3.17. The minimum absolute atomic E-state index is 0.0321. The van der Waals surface area contributed by atoms with Gasteiger partial charge in [0.25, 0.3) is 0 Å². The predicted octanol–water partition coefficient (Wildman–Crippen LogP) is 5.07. The van der Waals surface area contributed by atoms with E-state index in [-0.39, 0.29) is 34.2 Å². The second-order valence-corrected chi connectivity index (χ2v) is 8.17. The van der Waals surface area contributed by atoms with Crippen LogP contribution in [0.4, 0.5) is 17.6 Å². The molecule has 0 aliphatic carbocycles. The summed E-state index contributed by atoms with van der Waals surface area (Å²) in [5, 5.41) is 0.197. The first-order valence-corrected chi connectivity index (χ1v) is 10.4. The summed E-state index contributed by atoms with van der Waals surface area (Å²) >= 11 is 6.27. The molecule has 3 aromatic rings. The van der Waals surface area contributed by atoms with Crippen molar-refractivity contribution in [1.29, 1.82) is 0 Å². The predicted molar refractivity (Wildman–Crippen MR) is 118 cm³/mol. The highest BCUT2D eigenvalue weighted by molar-refractivity contribution is 6.33. The number of carbonyl (C=O) groups excluding carboxylic acids is 1. The molecule has 34 heavy (non-hydrogen) atoms. The summed E-state index contributed by atoms with van der Waals surface area (Å²) in [7, 11) is 0.828. The second kappa shape index (κ2) is 9.63. The van der Waals surface area contributed by atoms with Crippen molar-refractivity contribution in [3.8, 4) is 22.8 Å². The standard InChI is InChI=1S/C23H20ClF4N3O3/c1-12-4-7-14(11-17(12)25)19-29-20(31-21(33)30-19)15-10-13(5-8-16(15)24)6-9-18(32)22(2,34-3)23(26,27)28/h4-5,7-8,10-11H,6,9H2,1-3H3,(H,29,30,31,33)/t22-/m1/s1. The van der Waals surface area contributed by atoms with Gasteiger partial charge in [0.15, 0.2) is 11.6 Å². The number of nitrogens with zero attached hydrogens (tertiary/aromatic N) is 2. The van der Waals surface area contributed by atoms with Crippen LogP contribution in [0.3, 0.4) is 0 Å². The first kappa shape index (κ1) is 25.5. The van der Waals surface area contributed by atoms with E-state index in [0.29, 0.717) is 18.1 Å². The second-order valence-electron chi connectivity index (χ2n) is 7.76. The molecule has 0 unspecified atom stereocenters. The number of aromatic nitrogens is 3. The molecule has 180 valence electrons. The number of aryl methyl sites for hydroxylation is 2. The molecular weight excluding hydrogens is 478 g/mol. The molecule has 1 N–H and O–H groups in total. The molecule has 11 heteroatoms. The smallest absolute Gasteiger partial charge is 0.362 e. The lowest BCUT2D eigenvalue weighted by Gasteiger charge is -2.29. The Labute approximate surface area is 197 Å². The van der Waals surface area contributed by atoms with Crippen LogP contribution in [-0.4, -0.2) is 39.6 Å². The van der Waals surface area contributed by atoms with E-state index in [2.05, 4.69) is 19.7 Å². The number of ether oxygens (including phenoxy) is 1. The zero-order valence-electron chi connectivity index (χ0n) is 18.4. The average molecular weight is 498 g/mol. The first-order valence-electron chi connectivity index (χ1n) is 10.0. The number of H-pyrrole nitrogens is 1. The molecule has 1 heterocycles. The van der Waals surface area contributed by atoms with Crippen LogP contribution in [0.1, 0.15) is 24.5 Å². The van der Waals surface area contributed by atoms with Gasteiger partial charge in [0, 0.05) is 24.7 Å². The van der Waals surface area contributed by atoms with E-state index in [9.17, 15) is 27.2 Å². The molecule has 0 fully saturated rings. The van der Waals surface area contributed by atoms with Gasteiger partial charge in [-0.15, -0.1) is 0 Å². The van der Waals surface area contributed by atoms with Gasteiger partial charge in [0.2, 0.25) is 5.60 Å². The fraction of sp³-hybridized carbons (Fsp3) is 0.304. The van der Waals surface area contributed by atoms with E-state index in [0.717, 1.165) is 7.11 Å². The van der Waals surface area contributed by atoms with Crippen molar-refractivity contribution >= 4 is 17.4 Å². The van der Waals surface area contributed by atoms with Crippen LogP contribution in [-0.2, 0) is 16.0 Å². The summed E-state index contributed by atoms with van der Waals surface area (Å²) < 4.78 is 58.2. The number of aromatic amines is 1. The van der Waals surface area contributed by atoms with Gasteiger partial charge < -0.3 is 4.74 Å². The van der Waals surface area contributed by atoms with Crippen LogP contribution < -0.4 is 5.69 Å². The van der Waals surface area contributed by atoms with Crippen molar-refractivity contribution in [2.45, 2.75) is 38.5 Å². The highest BCUT2D eigenvalue weighted by Crippen LogP contribution is 2.35. The molecule has 0 saturated carbocycles. The van der Waals surface area contributed by atoms with Crippen molar-refractivity contribution in [2.75, 3.05) is 7.11 Å². The molecule has 1 atom stereocenters. The summed E-state index contributed by atoms with van der Waals surface area (Å²) in [6.07, 6.45) is -5.35. The molecular formula is C23H20ClF4N3O3. The Balaban J connectivity index is 1.92. The first-order chi connectivity index (χ1) is 15.9. The summed E-state index contributed by atoms with van der Waals surface area (Å²) in [4.78, 5) is 34.9. The molecule has 0 aliphatic rings. The van der Waals surface area contributed by atoms with E-state index in [1.807, 2.05) is 0 Å².